The van der Waals surface area contributed by atoms with Gasteiger partial charge < -0.3 is 4.98 Å². The highest BCUT2D eigenvalue weighted by Gasteiger charge is 2.16. The highest BCUT2D eigenvalue weighted by molar-refractivity contribution is 8.00. The molecule has 3 aromatic heterocycles. The Morgan fingerprint density at radius 3 is 2.69 bits per heavy atom. The fourth-order valence-electron chi connectivity index (χ4n) is 2.92. The summed E-state index contributed by atoms with van der Waals surface area (Å²) in [6, 6.07) is 11.7. The van der Waals surface area contributed by atoms with E-state index in [1.807, 2.05) is 42.7 Å². The van der Waals surface area contributed by atoms with Crippen molar-refractivity contribution < 1.29 is 4.79 Å². The molecule has 5 rings (SSSR count). The van der Waals surface area contributed by atoms with Crippen molar-refractivity contribution in [3.8, 4) is 0 Å². The fraction of sp³-hybridized carbons (Fsp3) is 0.0556. The monoisotopic (exact) mass is 396 g/mol. The summed E-state index contributed by atoms with van der Waals surface area (Å²) >= 11 is 4.79. The molecule has 128 valence electrons. The zero-order chi connectivity index (χ0) is 17.7. The molecular formula is C18H12N4OS3. The van der Waals surface area contributed by atoms with Crippen molar-refractivity contribution in [2.24, 2.45) is 0 Å². The number of amides is 1. The summed E-state index contributed by atoms with van der Waals surface area (Å²) in [7, 11) is 0. The van der Waals surface area contributed by atoms with Gasteiger partial charge in [-0.05, 0) is 24.5 Å². The van der Waals surface area contributed by atoms with E-state index in [9.17, 15) is 4.79 Å². The summed E-state index contributed by atoms with van der Waals surface area (Å²) < 4.78 is 3.22. The highest BCUT2D eigenvalue weighted by Crippen LogP contribution is 2.38. The maximum Gasteiger partial charge on any atom is 0.259 e. The molecule has 0 spiro atoms. The van der Waals surface area contributed by atoms with Gasteiger partial charge in [-0.3, -0.25) is 10.1 Å². The van der Waals surface area contributed by atoms with Crippen molar-refractivity contribution >= 4 is 76.8 Å². The summed E-state index contributed by atoms with van der Waals surface area (Å²) in [6.45, 7) is 0. The molecule has 0 bridgehead atoms. The number of anilines is 1. The Bertz CT molecular complexity index is 1280. The van der Waals surface area contributed by atoms with Crippen molar-refractivity contribution in [3.05, 3.63) is 48.2 Å². The Labute approximate surface area is 160 Å². The third-order valence-corrected chi connectivity index (χ3v) is 7.33. The minimum absolute atomic E-state index is 0.160. The number of nitrogens with one attached hydrogen (secondary N) is 2. The number of thioether (sulfide) groups is 1. The summed E-state index contributed by atoms with van der Waals surface area (Å²) in [4.78, 5) is 25.0. The Morgan fingerprint density at radius 1 is 1.08 bits per heavy atom. The molecule has 0 aliphatic carbocycles. The predicted octanol–water partition coefficient (Wildman–Crippen LogP) is 5.36. The van der Waals surface area contributed by atoms with Crippen LogP contribution in [0.1, 0.15) is 10.4 Å². The maximum absolute atomic E-state index is 12.7. The van der Waals surface area contributed by atoms with E-state index in [2.05, 4.69) is 20.3 Å². The van der Waals surface area contributed by atoms with Gasteiger partial charge in [0.1, 0.15) is 0 Å². The van der Waals surface area contributed by atoms with Crippen LogP contribution in [0.25, 0.3) is 31.3 Å². The van der Waals surface area contributed by atoms with E-state index >= 15 is 0 Å². The highest BCUT2D eigenvalue weighted by atomic mass is 32.2. The minimum atomic E-state index is -0.160. The molecule has 1 amide bonds. The molecule has 0 aliphatic heterocycles. The van der Waals surface area contributed by atoms with Crippen molar-refractivity contribution in [3.63, 3.8) is 0 Å². The molecule has 0 radical (unpaired) electrons. The summed E-state index contributed by atoms with van der Waals surface area (Å²) in [5.74, 6) is -0.160. The van der Waals surface area contributed by atoms with Crippen LogP contribution >= 0.6 is 34.4 Å². The van der Waals surface area contributed by atoms with Crippen LogP contribution in [-0.2, 0) is 0 Å². The Kier molecular flexibility index (Phi) is 3.70. The molecule has 5 nitrogen and oxygen atoms in total. The number of carbonyl (C=O) groups excluding carboxylic acids is 1. The van der Waals surface area contributed by atoms with Crippen molar-refractivity contribution in [1.29, 1.82) is 0 Å². The molecule has 3 heterocycles. The number of aromatic nitrogens is 3. The minimum Gasteiger partial charge on any atom is -0.360 e. The van der Waals surface area contributed by atoms with E-state index in [4.69, 9.17) is 0 Å². The first-order chi connectivity index (χ1) is 12.7. The quantitative estimate of drug-likeness (QED) is 0.403. The summed E-state index contributed by atoms with van der Waals surface area (Å²) in [6.07, 6.45) is 3.76. The van der Waals surface area contributed by atoms with E-state index < -0.39 is 0 Å². The van der Waals surface area contributed by atoms with Gasteiger partial charge in [-0.1, -0.05) is 41.3 Å². The molecule has 26 heavy (non-hydrogen) atoms. The van der Waals surface area contributed by atoms with Gasteiger partial charge in [0.25, 0.3) is 5.91 Å². The number of benzene rings is 2. The smallest absolute Gasteiger partial charge is 0.259 e. The molecule has 0 unspecified atom stereocenters. The Balaban J connectivity index is 1.53. The number of rotatable bonds is 3. The number of thiazole rings is 2. The largest absolute Gasteiger partial charge is 0.360 e. The fourth-order valence-corrected chi connectivity index (χ4v) is 5.57. The molecule has 2 aromatic carbocycles. The van der Waals surface area contributed by atoms with Gasteiger partial charge in [-0.15, -0.1) is 11.3 Å². The number of hydrogen-bond acceptors (Lipinski definition) is 6. The molecule has 2 N–H and O–H groups in total. The molecule has 0 fully saturated rings. The van der Waals surface area contributed by atoms with Gasteiger partial charge in [-0.2, -0.15) is 0 Å². The molecule has 0 saturated heterocycles. The maximum atomic E-state index is 12.7. The van der Waals surface area contributed by atoms with Crippen molar-refractivity contribution in [1.82, 2.24) is 15.0 Å². The third-order valence-electron chi connectivity index (χ3n) is 4.12. The van der Waals surface area contributed by atoms with E-state index in [0.29, 0.717) is 10.7 Å². The normalized spacial score (nSPS) is 11.6. The lowest BCUT2D eigenvalue weighted by Crippen LogP contribution is -2.10. The average molecular weight is 397 g/mol. The number of hydrogen-bond donors (Lipinski definition) is 2. The van der Waals surface area contributed by atoms with Gasteiger partial charge in [0.2, 0.25) is 0 Å². The zero-order valence-corrected chi connectivity index (χ0v) is 16.0. The van der Waals surface area contributed by atoms with Crippen LogP contribution in [0.15, 0.2) is 46.9 Å². The van der Waals surface area contributed by atoms with Gasteiger partial charge in [0.15, 0.2) is 9.47 Å². The average Bonchev–Trinajstić information content (AvgIpc) is 3.36. The summed E-state index contributed by atoms with van der Waals surface area (Å²) in [5, 5.41) is 4.44. The Morgan fingerprint density at radius 2 is 1.85 bits per heavy atom. The van der Waals surface area contributed by atoms with Crippen molar-refractivity contribution in [2.45, 2.75) is 4.34 Å². The number of nitrogens with zero attached hydrogens (tertiary/aromatic N) is 2. The first-order valence-corrected chi connectivity index (χ1v) is 10.7. The van der Waals surface area contributed by atoms with E-state index in [0.717, 1.165) is 35.7 Å². The van der Waals surface area contributed by atoms with Gasteiger partial charge in [0, 0.05) is 17.1 Å². The number of aromatic amines is 1. The second kappa shape index (κ2) is 6.08. The van der Waals surface area contributed by atoms with Crippen LogP contribution in [0, 0.1) is 0 Å². The molecule has 0 atom stereocenters. The lowest BCUT2D eigenvalue weighted by Gasteiger charge is -1.99. The lowest BCUT2D eigenvalue weighted by molar-refractivity contribution is 0.102. The van der Waals surface area contributed by atoms with E-state index in [1.165, 1.54) is 11.3 Å². The van der Waals surface area contributed by atoms with Crippen LogP contribution in [0.5, 0.6) is 0 Å². The predicted molar refractivity (Wildman–Crippen MR) is 111 cm³/mol. The van der Waals surface area contributed by atoms with Crippen LogP contribution in [0.2, 0.25) is 0 Å². The number of carbonyl (C=O) groups is 1. The topological polar surface area (TPSA) is 70.7 Å². The van der Waals surface area contributed by atoms with E-state index in [-0.39, 0.29) is 5.91 Å². The number of H-pyrrole nitrogens is 1. The van der Waals surface area contributed by atoms with Crippen LogP contribution in [0.4, 0.5) is 5.13 Å². The van der Waals surface area contributed by atoms with E-state index in [1.54, 1.807) is 29.3 Å². The first-order valence-electron chi connectivity index (χ1n) is 7.84. The summed E-state index contributed by atoms with van der Waals surface area (Å²) in [5.41, 5.74) is 3.42. The molecular weight excluding hydrogens is 384 g/mol. The molecule has 5 aromatic rings. The van der Waals surface area contributed by atoms with Gasteiger partial charge in [-0.25, -0.2) is 9.97 Å². The zero-order valence-electron chi connectivity index (χ0n) is 13.6. The second-order valence-corrected chi connectivity index (χ2v) is 8.72. The second-order valence-electron chi connectivity index (χ2n) is 5.67. The van der Waals surface area contributed by atoms with Crippen LogP contribution in [-0.4, -0.2) is 27.1 Å². The first kappa shape index (κ1) is 15.8. The van der Waals surface area contributed by atoms with Gasteiger partial charge in [0.05, 0.1) is 26.0 Å². The third kappa shape index (κ3) is 2.49. The molecule has 0 saturated carbocycles. The van der Waals surface area contributed by atoms with Crippen molar-refractivity contribution in [2.75, 3.05) is 11.6 Å². The molecule has 8 heteroatoms. The molecule has 0 aliphatic rings. The lowest BCUT2D eigenvalue weighted by atomic mass is 10.2. The van der Waals surface area contributed by atoms with Gasteiger partial charge >= 0.3 is 0 Å². The standard InChI is InChI=1S/C18H12N4OS3/c1-24-18-21-13-7-6-12-14(15(13)26-18)25-17(20-12)22-16(23)10-8-19-11-5-3-2-4-9(10)11/h2-8,19H,1H3,(H,20,22,23). The SMILES string of the molecule is CSc1nc2ccc3nc(NC(=O)c4c[nH]c5ccccc45)sc3c2s1. The number of fused-ring (bicyclic) bond motifs is 4. The van der Waals surface area contributed by atoms with Crippen LogP contribution in [0.3, 0.4) is 0 Å². The van der Waals surface area contributed by atoms with Crippen LogP contribution < -0.4 is 5.32 Å². The number of para-hydroxylation sites is 1. The Hall–Kier alpha value is -2.42.